The highest BCUT2D eigenvalue weighted by Gasteiger charge is 2.15. The zero-order valence-corrected chi connectivity index (χ0v) is 11.2. The van der Waals surface area contributed by atoms with Gasteiger partial charge in [0.2, 0.25) is 0 Å². The Morgan fingerprint density at radius 1 is 1.22 bits per heavy atom. The molecule has 0 fully saturated rings. The molecule has 0 rings (SSSR count). The number of rotatable bonds is 8. The van der Waals surface area contributed by atoms with Gasteiger partial charge in [0, 0.05) is 14.2 Å². The van der Waals surface area contributed by atoms with Crippen LogP contribution in [0.4, 0.5) is 4.79 Å². The minimum Gasteiger partial charge on any atom is -0.548 e. The second-order valence-corrected chi connectivity index (χ2v) is 4.26. The molecule has 0 spiro atoms. The maximum Gasteiger partial charge on any atom is 0.315 e. The van der Waals surface area contributed by atoms with Gasteiger partial charge in [-0.05, 0) is 12.3 Å². The molecule has 7 nitrogen and oxygen atoms in total. The Hall–Kier alpha value is -1.34. The van der Waals surface area contributed by atoms with Crippen LogP contribution in [0.15, 0.2) is 0 Å². The first-order chi connectivity index (χ1) is 8.40. The standard InChI is InChI=1S/C11H22N2O5/c1-7(2)5-8(10(14)15)13-11(16)12-6-9(17-3)18-4/h7-9H,5-6H2,1-4H3,(H,14,15)(H2,12,13,16)/p-1/t8-/m0/s1. The van der Waals surface area contributed by atoms with E-state index < -0.39 is 24.3 Å². The van der Waals surface area contributed by atoms with E-state index in [1.54, 1.807) is 0 Å². The van der Waals surface area contributed by atoms with Gasteiger partial charge in [-0.15, -0.1) is 0 Å². The number of carboxylic acids is 1. The van der Waals surface area contributed by atoms with Crippen molar-refractivity contribution in [2.75, 3.05) is 20.8 Å². The SMILES string of the molecule is COC(CNC(=O)N[C@@H](CC(C)C)C(=O)[O-])OC. The third-order valence-electron chi connectivity index (χ3n) is 2.25. The highest BCUT2D eigenvalue weighted by Crippen LogP contribution is 2.03. The summed E-state index contributed by atoms with van der Waals surface area (Å²) in [6.45, 7) is 3.85. The summed E-state index contributed by atoms with van der Waals surface area (Å²) in [7, 11) is 2.88. The topological polar surface area (TPSA) is 99.7 Å². The second kappa shape index (κ2) is 8.71. The predicted molar refractivity (Wildman–Crippen MR) is 62.6 cm³/mol. The summed E-state index contributed by atoms with van der Waals surface area (Å²) in [6, 6.07) is -1.60. The van der Waals surface area contributed by atoms with E-state index in [9.17, 15) is 14.7 Å². The molecule has 0 saturated heterocycles. The fraction of sp³-hybridized carbons (Fsp3) is 0.818. The Morgan fingerprint density at radius 2 is 1.78 bits per heavy atom. The smallest absolute Gasteiger partial charge is 0.315 e. The number of carboxylic acid groups (broad SMARTS) is 1. The summed E-state index contributed by atoms with van der Waals surface area (Å²) in [5.74, 6) is -1.16. The third-order valence-corrected chi connectivity index (χ3v) is 2.25. The molecular formula is C11H21N2O5-. The molecule has 1 atom stereocenters. The van der Waals surface area contributed by atoms with Gasteiger partial charge in [-0.1, -0.05) is 13.8 Å². The monoisotopic (exact) mass is 261 g/mol. The molecule has 18 heavy (non-hydrogen) atoms. The minimum absolute atomic E-state index is 0.125. The summed E-state index contributed by atoms with van der Waals surface area (Å²) in [6.07, 6.45) is -0.254. The number of nitrogens with one attached hydrogen (secondary N) is 2. The summed E-state index contributed by atoms with van der Waals surface area (Å²) >= 11 is 0. The molecule has 0 aliphatic rings. The van der Waals surface area contributed by atoms with Crippen molar-refractivity contribution in [1.29, 1.82) is 0 Å². The number of carbonyl (C=O) groups excluding carboxylic acids is 2. The molecular weight excluding hydrogens is 240 g/mol. The molecule has 0 unspecified atom stereocenters. The molecule has 0 aliphatic heterocycles. The summed E-state index contributed by atoms with van der Waals surface area (Å²) in [4.78, 5) is 22.3. The van der Waals surface area contributed by atoms with Gasteiger partial charge in [0.1, 0.15) is 0 Å². The first-order valence-corrected chi connectivity index (χ1v) is 5.71. The Bertz CT molecular complexity index is 266. The number of carbonyl (C=O) groups is 2. The van der Waals surface area contributed by atoms with E-state index in [2.05, 4.69) is 10.6 Å². The van der Waals surface area contributed by atoms with E-state index in [0.717, 1.165) is 0 Å². The Morgan fingerprint density at radius 3 is 2.17 bits per heavy atom. The lowest BCUT2D eigenvalue weighted by Gasteiger charge is -2.22. The molecule has 0 radical (unpaired) electrons. The number of amides is 2. The lowest BCUT2D eigenvalue weighted by molar-refractivity contribution is -0.308. The number of hydrogen-bond donors (Lipinski definition) is 2. The molecule has 0 aromatic heterocycles. The van der Waals surface area contributed by atoms with Gasteiger partial charge in [-0.3, -0.25) is 0 Å². The van der Waals surface area contributed by atoms with Crippen LogP contribution in [0.5, 0.6) is 0 Å². The molecule has 2 N–H and O–H groups in total. The lowest BCUT2D eigenvalue weighted by Crippen LogP contribution is -2.52. The van der Waals surface area contributed by atoms with Crippen LogP contribution in [0, 0.1) is 5.92 Å². The van der Waals surface area contributed by atoms with Crippen LogP contribution in [-0.2, 0) is 14.3 Å². The van der Waals surface area contributed by atoms with Crippen molar-refractivity contribution < 1.29 is 24.2 Å². The predicted octanol–water partition coefficient (Wildman–Crippen LogP) is -0.931. The fourth-order valence-corrected chi connectivity index (χ4v) is 1.33. The first kappa shape index (κ1) is 16.7. The summed E-state index contributed by atoms with van der Waals surface area (Å²) < 4.78 is 9.75. The molecule has 0 aromatic rings. The Kier molecular flexibility index (Phi) is 8.06. The van der Waals surface area contributed by atoms with E-state index in [1.807, 2.05) is 13.8 Å². The van der Waals surface area contributed by atoms with Crippen molar-refractivity contribution >= 4 is 12.0 Å². The minimum atomic E-state index is -1.30. The summed E-state index contributed by atoms with van der Waals surface area (Å²) in [5.41, 5.74) is 0. The average Bonchev–Trinajstić information content (AvgIpc) is 2.28. The zero-order chi connectivity index (χ0) is 14.1. The van der Waals surface area contributed by atoms with Crippen LogP contribution in [0.2, 0.25) is 0 Å². The van der Waals surface area contributed by atoms with Crippen molar-refractivity contribution in [3.8, 4) is 0 Å². The normalized spacial score (nSPS) is 12.6. The molecule has 106 valence electrons. The lowest BCUT2D eigenvalue weighted by atomic mass is 10.0. The van der Waals surface area contributed by atoms with E-state index in [0.29, 0.717) is 6.42 Å². The molecule has 0 aliphatic carbocycles. The van der Waals surface area contributed by atoms with Gasteiger partial charge in [-0.25, -0.2) is 4.79 Å². The van der Waals surface area contributed by atoms with Crippen LogP contribution in [-0.4, -0.2) is 45.1 Å². The van der Waals surface area contributed by atoms with Crippen molar-refractivity contribution in [1.82, 2.24) is 10.6 Å². The fourth-order valence-electron chi connectivity index (χ4n) is 1.33. The molecule has 0 bridgehead atoms. The maximum absolute atomic E-state index is 11.5. The third kappa shape index (κ3) is 7.08. The van der Waals surface area contributed by atoms with Gasteiger partial charge in [-0.2, -0.15) is 0 Å². The van der Waals surface area contributed by atoms with Gasteiger partial charge >= 0.3 is 6.03 Å². The molecule has 0 aromatic carbocycles. The number of hydrogen-bond acceptors (Lipinski definition) is 5. The Labute approximate surface area is 107 Å². The Balaban J connectivity index is 4.13. The van der Waals surface area contributed by atoms with Crippen LogP contribution in [0.25, 0.3) is 0 Å². The number of ether oxygens (including phenoxy) is 2. The van der Waals surface area contributed by atoms with Crippen LogP contribution >= 0.6 is 0 Å². The summed E-state index contributed by atoms with van der Waals surface area (Å²) in [5, 5.41) is 15.6. The van der Waals surface area contributed by atoms with Gasteiger partial charge in [0.15, 0.2) is 6.29 Å². The van der Waals surface area contributed by atoms with Crippen LogP contribution in [0.3, 0.4) is 0 Å². The van der Waals surface area contributed by atoms with Gasteiger partial charge in [0.05, 0.1) is 18.6 Å². The van der Waals surface area contributed by atoms with E-state index in [-0.39, 0.29) is 12.5 Å². The number of methoxy groups -OCH3 is 2. The van der Waals surface area contributed by atoms with Crippen molar-refractivity contribution in [3.05, 3.63) is 0 Å². The maximum atomic E-state index is 11.5. The van der Waals surface area contributed by atoms with Gasteiger partial charge in [0.25, 0.3) is 0 Å². The zero-order valence-electron chi connectivity index (χ0n) is 11.2. The van der Waals surface area contributed by atoms with Gasteiger partial charge < -0.3 is 30.0 Å². The molecule has 0 heterocycles. The van der Waals surface area contributed by atoms with Crippen LogP contribution in [0.1, 0.15) is 20.3 Å². The van der Waals surface area contributed by atoms with E-state index in [4.69, 9.17) is 9.47 Å². The van der Waals surface area contributed by atoms with Crippen molar-refractivity contribution in [2.24, 2.45) is 5.92 Å². The van der Waals surface area contributed by atoms with Crippen molar-refractivity contribution in [3.63, 3.8) is 0 Å². The second-order valence-electron chi connectivity index (χ2n) is 4.26. The van der Waals surface area contributed by atoms with E-state index >= 15 is 0 Å². The number of urea groups is 1. The highest BCUT2D eigenvalue weighted by atomic mass is 16.7. The molecule has 0 saturated carbocycles. The van der Waals surface area contributed by atoms with E-state index in [1.165, 1.54) is 14.2 Å². The first-order valence-electron chi connectivity index (χ1n) is 5.71. The largest absolute Gasteiger partial charge is 0.548 e. The average molecular weight is 261 g/mol. The highest BCUT2D eigenvalue weighted by molar-refractivity contribution is 5.81. The number of aliphatic carboxylic acids is 1. The molecule has 7 heteroatoms. The molecule has 2 amide bonds. The quantitative estimate of drug-likeness (QED) is 0.550. The van der Waals surface area contributed by atoms with Crippen LogP contribution < -0.4 is 15.7 Å². The van der Waals surface area contributed by atoms with Crippen molar-refractivity contribution in [2.45, 2.75) is 32.6 Å².